The summed E-state index contributed by atoms with van der Waals surface area (Å²) < 4.78 is 0.544. The maximum atomic E-state index is 12.1. The summed E-state index contributed by atoms with van der Waals surface area (Å²) in [5, 5.41) is 2.89. The lowest BCUT2D eigenvalue weighted by atomic mass is 10.0. The molecule has 2 aromatic rings. The Bertz CT molecular complexity index is 575. The van der Waals surface area contributed by atoms with E-state index in [9.17, 15) is 9.70 Å². The van der Waals surface area contributed by atoms with Crippen molar-refractivity contribution in [3.8, 4) is 0 Å². The molecule has 2 rings (SSSR count). The third-order valence-corrected chi connectivity index (χ3v) is 2.77. The molecule has 0 saturated carbocycles. The number of pyridine rings is 2. The van der Waals surface area contributed by atoms with Crippen LogP contribution in [0.2, 0.25) is 0 Å². The number of nitrogens with zero attached hydrogens (tertiary/aromatic N) is 3. The van der Waals surface area contributed by atoms with Crippen molar-refractivity contribution in [3.05, 3.63) is 63.5 Å². The lowest BCUT2D eigenvalue weighted by Gasteiger charge is -2.07. The molecule has 0 fully saturated rings. The number of nitroso groups, excluding NO2 is 1. The van der Waals surface area contributed by atoms with E-state index >= 15 is 0 Å². The first-order chi connectivity index (χ1) is 8.72. The lowest BCUT2D eigenvalue weighted by molar-refractivity contribution is 0.0957. The van der Waals surface area contributed by atoms with Gasteiger partial charge in [-0.15, -0.1) is 4.91 Å². The molecule has 0 spiro atoms. The average Bonchev–Trinajstić information content (AvgIpc) is 2.40. The third kappa shape index (κ3) is 2.65. The summed E-state index contributed by atoms with van der Waals surface area (Å²) in [5.74, 6) is -0.427. The summed E-state index contributed by atoms with van der Waals surface area (Å²) in [6, 6.07) is 7.01. The molecular formula is C12H8BrN3O2. The van der Waals surface area contributed by atoms with Crippen molar-refractivity contribution in [2.24, 2.45) is 5.18 Å². The fraction of sp³-hybridized carbons (Fsp3) is 0.0833. The van der Waals surface area contributed by atoms with Gasteiger partial charge in [0.25, 0.3) is 0 Å². The number of carbonyl (C=O) groups excluding carboxylic acids is 1. The second kappa shape index (κ2) is 5.59. The zero-order valence-corrected chi connectivity index (χ0v) is 10.7. The molecule has 0 radical (unpaired) electrons. The molecule has 1 atom stereocenters. The van der Waals surface area contributed by atoms with Crippen molar-refractivity contribution >= 4 is 21.7 Å². The van der Waals surface area contributed by atoms with Gasteiger partial charge in [0.1, 0.15) is 10.3 Å². The fourth-order valence-electron chi connectivity index (χ4n) is 1.50. The first-order valence-corrected chi connectivity index (χ1v) is 5.91. The molecular weight excluding hydrogens is 298 g/mol. The van der Waals surface area contributed by atoms with Crippen LogP contribution in [0.1, 0.15) is 22.1 Å². The van der Waals surface area contributed by atoms with E-state index in [1.165, 1.54) is 12.4 Å². The Hall–Kier alpha value is -1.95. The van der Waals surface area contributed by atoms with Crippen molar-refractivity contribution < 1.29 is 4.79 Å². The molecule has 0 aliphatic rings. The van der Waals surface area contributed by atoms with E-state index in [1.807, 2.05) is 0 Å². The highest BCUT2D eigenvalue weighted by molar-refractivity contribution is 9.10. The summed E-state index contributed by atoms with van der Waals surface area (Å²) in [4.78, 5) is 30.8. The summed E-state index contributed by atoms with van der Waals surface area (Å²) in [6.07, 6.45) is 3.00. The Labute approximate surface area is 111 Å². The van der Waals surface area contributed by atoms with E-state index in [0.717, 1.165) is 0 Å². The predicted octanol–water partition coefficient (Wildman–Crippen LogP) is 2.93. The molecule has 90 valence electrons. The zero-order valence-electron chi connectivity index (χ0n) is 9.15. The maximum absolute atomic E-state index is 12.1. The molecule has 2 heterocycles. The van der Waals surface area contributed by atoms with Crippen LogP contribution in [0.25, 0.3) is 0 Å². The highest BCUT2D eigenvalue weighted by Crippen LogP contribution is 2.23. The topological polar surface area (TPSA) is 72.3 Å². The summed E-state index contributed by atoms with van der Waals surface area (Å²) in [6.45, 7) is 0. The van der Waals surface area contributed by atoms with Gasteiger partial charge in [-0.2, -0.15) is 0 Å². The van der Waals surface area contributed by atoms with Crippen molar-refractivity contribution in [1.29, 1.82) is 0 Å². The molecule has 1 unspecified atom stereocenters. The summed E-state index contributed by atoms with van der Waals surface area (Å²) in [5.41, 5.74) is 0.706. The van der Waals surface area contributed by atoms with E-state index in [1.54, 1.807) is 30.3 Å². The van der Waals surface area contributed by atoms with Crippen LogP contribution in [0.15, 0.2) is 52.5 Å². The lowest BCUT2D eigenvalue weighted by Crippen LogP contribution is -2.12. The Balaban J connectivity index is 2.35. The average molecular weight is 306 g/mol. The number of rotatable bonds is 4. The van der Waals surface area contributed by atoms with Gasteiger partial charge in [0.2, 0.25) is 5.78 Å². The number of hydrogen-bond donors (Lipinski definition) is 0. The number of carbonyl (C=O) groups is 1. The number of aromatic nitrogens is 2. The van der Waals surface area contributed by atoms with Crippen LogP contribution in [-0.2, 0) is 0 Å². The minimum absolute atomic E-state index is 0.218. The maximum Gasteiger partial charge on any atom is 0.213 e. The minimum Gasteiger partial charge on any atom is -0.289 e. The molecule has 0 amide bonds. The molecule has 6 heteroatoms. The highest BCUT2D eigenvalue weighted by atomic mass is 79.9. The predicted molar refractivity (Wildman–Crippen MR) is 69.0 cm³/mol. The van der Waals surface area contributed by atoms with Gasteiger partial charge in [0.15, 0.2) is 6.04 Å². The van der Waals surface area contributed by atoms with E-state index in [4.69, 9.17) is 0 Å². The van der Waals surface area contributed by atoms with Gasteiger partial charge in [-0.05, 0) is 45.8 Å². The zero-order chi connectivity index (χ0) is 13.0. The van der Waals surface area contributed by atoms with Gasteiger partial charge in [0, 0.05) is 12.4 Å². The number of Topliss-reactive ketones (excluding diaryl/α,β-unsaturated/α-hetero) is 1. The second-order valence-corrected chi connectivity index (χ2v) is 4.31. The summed E-state index contributed by atoms with van der Waals surface area (Å²) in [7, 11) is 0. The van der Waals surface area contributed by atoms with Crippen LogP contribution in [0.4, 0.5) is 0 Å². The Kier molecular flexibility index (Phi) is 3.88. The van der Waals surface area contributed by atoms with Crippen LogP contribution in [0, 0.1) is 4.91 Å². The molecule has 18 heavy (non-hydrogen) atoms. The van der Waals surface area contributed by atoms with Crippen LogP contribution in [0.5, 0.6) is 0 Å². The van der Waals surface area contributed by atoms with Gasteiger partial charge in [-0.1, -0.05) is 11.2 Å². The van der Waals surface area contributed by atoms with Crippen molar-refractivity contribution in [2.75, 3.05) is 0 Å². The van der Waals surface area contributed by atoms with Gasteiger partial charge in [-0.3, -0.25) is 9.78 Å². The normalized spacial score (nSPS) is 11.8. The highest BCUT2D eigenvalue weighted by Gasteiger charge is 2.24. The second-order valence-electron chi connectivity index (χ2n) is 3.50. The Morgan fingerprint density at radius 2 is 2.06 bits per heavy atom. The number of hydrogen-bond acceptors (Lipinski definition) is 5. The van der Waals surface area contributed by atoms with Crippen molar-refractivity contribution in [1.82, 2.24) is 9.97 Å². The van der Waals surface area contributed by atoms with E-state index in [-0.39, 0.29) is 5.69 Å². The first kappa shape index (κ1) is 12.5. The molecule has 0 N–H and O–H groups in total. The van der Waals surface area contributed by atoms with Gasteiger partial charge >= 0.3 is 0 Å². The van der Waals surface area contributed by atoms with Crippen molar-refractivity contribution in [2.45, 2.75) is 6.04 Å². The van der Waals surface area contributed by atoms with Gasteiger partial charge < -0.3 is 0 Å². The molecule has 2 aromatic heterocycles. The van der Waals surface area contributed by atoms with E-state index in [0.29, 0.717) is 10.2 Å². The van der Waals surface area contributed by atoms with Gasteiger partial charge in [-0.25, -0.2) is 4.98 Å². The fourth-order valence-corrected chi connectivity index (χ4v) is 1.88. The smallest absolute Gasteiger partial charge is 0.213 e. The van der Waals surface area contributed by atoms with Crippen LogP contribution in [0.3, 0.4) is 0 Å². The molecule has 5 nitrogen and oxygen atoms in total. The Morgan fingerprint density at radius 3 is 2.67 bits per heavy atom. The largest absolute Gasteiger partial charge is 0.289 e. The molecule has 0 aliphatic heterocycles. The Morgan fingerprint density at radius 1 is 1.22 bits per heavy atom. The quantitative estimate of drug-likeness (QED) is 0.494. The number of ketones is 1. The molecule has 0 bridgehead atoms. The summed E-state index contributed by atoms with van der Waals surface area (Å²) >= 11 is 3.18. The third-order valence-electron chi connectivity index (χ3n) is 2.34. The monoisotopic (exact) mass is 305 g/mol. The van der Waals surface area contributed by atoms with Gasteiger partial charge in [0.05, 0.1) is 0 Å². The van der Waals surface area contributed by atoms with Crippen molar-refractivity contribution in [3.63, 3.8) is 0 Å². The van der Waals surface area contributed by atoms with E-state index in [2.05, 4.69) is 31.1 Å². The first-order valence-electron chi connectivity index (χ1n) is 5.11. The molecule has 0 aromatic carbocycles. The van der Waals surface area contributed by atoms with Crippen LogP contribution < -0.4 is 0 Å². The molecule has 0 saturated heterocycles. The van der Waals surface area contributed by atoms with Crippen LogP contribution >= 0.6 is 15.9 Å². The van der Waals surface area contributed by atoms with Crippen LogP contribution in [-0.4, -0.2) is 15.8 Å². The number of halogens is 1. The standard InChI is InChI=1S/C12H8BrN3O2/c13-10-7-8(4-6-15-10)11(16-18)12(17)9-3-1-2-5-14-9/h1-7,11H. The van der Waals surface area contributed by atoms with E-state index < -0.39 is 11.8 Å². The minimum atomic E-state index is -1.10. The molecule has 0 aliphatic carbocycles. The SMILES string of the molecule is O=NC(C(=O)c1ccccn1)c1ccnc(Br)c1.